The van der Waals surface area contributed by atoms with Crippen molar-refractivity contribution in [2.45, 2.75) is 43.5 Å². The third-order valence-corrected chi connectivity index (χ3v) is 6.90. The van der Waals surface area contributed by atoms with Crippen LogP contribution in [0.5, 0.6) is 0 Å². The average Bonchev–Trinajstić information content (AvgIpc) is 3.17. The van der Waals surface area contributed by atoms with E-state index in [0.717, 1.165) is 58.5 Å². The molecule has 0 radical (unpaired) electrons. The summed E-state index contributed by atoms with van der Waals surface area (Å²) in [5.74, 6) is 1.77. The zero-order valence-corrected chi connectivity index (χ0v) is 17.5. The van der Waals surface area contributed by atoms with Crippen molar-refractivity contribution in [3.8, 4) is 0 Å². The highest BCUT2D eigenvalue weighted by atomic mass is 32.2. The van der Waals surface area contributed by atoms with Gasteiger partial charge in [-0.25, -0.2) is 0 Å². The smallest absolute Gasteiger partial charge is 0.207 e. The lowest BCUT2D eigenvalue weighted by atomic mass is 10.0. The van der Waals surface area contributed by atoms with Gasteiger partial charge in [-0.3, -0.25) is 14.2 Å². The van der Waals surface area contributed by atoms with Crippen LogP contribution in [0.1, 0.15) is 38.2 Å². The zero-order valence-electron chi connectivity index (χ0n) is 16.6. The van der Waals surface area contributed by atoms with Crippen LogP contribution in [0, 0.1) is 0 Å². The van der Waals surface area contributed by atoms with Gasteiger partial charge in [0.25, 0.3) is 0 Å². The molecule has 148 valence electrons. The highest BCUT2D eigenvalue weighted by Crippen LogP contribution is 2.29. The van der Waals surface area contributed by atoms with Crippen molar-refractivity contribution in [3.05, 3.63) is 29.8 Å². The van der Waals surface area contributed by atoms with E-state index in [1.165, 1.54) is 29.3 Å². The summed E-state index contributed by atoms with van der Waals surface area (Å²) >= 11 is 1.84. The normalized spacial score (nSPS) is 22.6. The standard InChI is InChI=1S/C21H32N4OS/c1-17(2)18-3-5-20(6-4-18)27-25-12-9-22-21(25)24-10-7-19(8-11-24)23-13-15-26-16-14-23/h3-6,17,19H,7-16H2,1-2H3. The minimum atomic E-state index is 0.584. The van der Waals surface area contributed by atoms with Gasteiger partial charge in [-0.15, -0.1) is 0 Å². The number of nitrogens with zero attached hydrogens (tertiary/aromatic N) is 4. The van der Waals surface area contributed by atoms with E-state index < -0.39 is 0 Å². The third-order valence-electron chi connectivity index (χ3n) is 5.85. The fraction of sp³-hybridized carbons (Fsp3) is 0.667. The Labute approximate surface area is 167 Å². The first kappa shape index (κ1) is 19.1. The van der Waals surface area contributed by atoms with Crippen LogP contribution in [0.25, 0.3) is 0 Å². The van der Waals surface area contributed by atoms with Gasteiger partial charge in [-0.1, -0.05) is 26.0 Å². The molecule has 0 amide bonds. The molecule has 0 saturated carbocycles. The molecular weight excluding hydrogens is 356 g/mol. The summed E-state index contributed by atoms with van der Waals surface area (Å²) in [7, 11) is 0. The molecule has 27 heavy (non-hydrogen) atoms. The van der Waals surface area contributed by atoms with Crippen LogP contribution < -0.4 is 0 Å². The van der Waals surface area contributed by atoms with Crippen molar-refractivity contribution < 1.29 is 4.74 Å². The number of piperidine rings is 1. The monoisotopic (exact) mass is 388 g/mol. The van der Waals surface area contributed by atoms with Gasteiger partial charge in [-0.05, 0) is 48.4 Å². The molecule has 2 saturated heterocycles. The molecule has 1 aromatic carbocycles. The summed E-state index contributed by atoms with van der Waals surface area (Å²) in [6.07, 6.45) is 2.47. The lowest BCUT2D eigenvalue weighted by Gasteiger charge is -2.41. The second-order valence-corrected chi connectivity index (χ2v) is 9.06. The molecule has 2 fully saturated rings. The minimum Gasteiger partial charge on any atom is -0.379 e. The van der Waals surface area contributed by atoms with Crippen LogP contribution in [0.3, 0.4) is 0 Å². The maximum Gasteiger partial charge on any atom is 0.207 e. The Kier molecular flexibility index (Phi) is 6.25. The Balaban J connectivity index is 1.32. The number of ether oxygens (including phenoxy) is 1. The second kappa shape index (κ2) is 8.84. The van der Waals surface area contributed by atoms with E-state index in [1.807, 2.05) is 11.9 Å². The van der Waals surface area contributed by atoms with E-state index >= 15 is 0 Å². The molecule has 0 unspecified atom stereocenters. The highest BCUT2D eigenvalue weighted by Gasteiger charge is 2.30. The molecule has 0 atom stereocenters. The molecule has 1 aromatic rings. The number of morpholine rings is 1. The van der Waals surface area contributed by atoms with Crippen LogP contribution in [-0.2, 0) is 4.74 Å². The predicted octanol–water partition coefficient (Wildman–Crippen LogP) is 3.29. The highest BCUT2D eigenvalue weighted by molar-refractivity contribution is 7.97. The van der Waals surface area contributed by atoms with Gasteiger partial charge in [0.15, 0.2) is 0 Å². The molecule has 0 spiro atoms. The molecule has 0 bridgehead atoms. The maximum atomic E-state index is 5.50. The fourth-order valence-corrected chi connectivity index (χ4v) is 5.12. The van der Waals surface area contributed by atoms with E-state index in [9.17, 15) is 0 Å². The van der Waals surface area contributed by atoms with E-state index in [-0.39, 0.29) is 0 Å². The van der Waals surface area contributed by atoms with Gasteiger partial charge in [0.1, 0.15) is 0 Å². The van der Waals surface area contributed by atoms with Crippen LogP contribution in [0.2, 0.25) is 0 Å². The quantitative estimate of drug-likeness (QED) is 0.739. The largest absolute Gasteiger partial charge is 0.379 e. The topological polar surface area (TPSA) is 31.3 Å². The van der Waals surface area contributed by atoms with E-state index in [4.69, 9.17) is 9.73 Å². The molecule has 6 heteroatoms. The molecule has 0 aliphatic carbocycles. The average molecular weight is 389 g/mol. The van der Waals surface area contributed by atoms with E-state index in [0.29, 0.717) is 5.92 Å². The van der Waals surface area contributed by atoms with Crippen LogP contribution >= 0.6 is 11.9 Å². The number of rotatable bonds is 4. The van der Waals surface area contributed by atoms with Gasteiger partial charge >= 0.3 is 0 Å². The molecular formula is C21H32N4OS. The summed E-state index contributed by atoms with van der Waals surface area (Å²) in [5.41, 5.74) is 1.40. The number of guanidine groups is 1. The van der Waals surface area contributed by atoms with Crippen molar-refractivity contribution in [2.75, 3.05) is 52.5 Å². The Hall–Kier alpha value is -1.24. The molecule has 3 heterocycles. The predicted molar refractivity (Wildman–Crippen MR) is 112 cm³/mol. The zero-order chi connectivity index (χ0) is 18.6. The number of aliphatic imine (C=N–C) groups is 1. The summed E-state index contributed by atoms with van der Waals surface area (Å²) in [5, 5.41) is 0. The molecule has 4 rings (SSSR count). The Morgan fingerprint density at radius 1 is 1.00 bits per heavy atom. The Bertz CT molecular complexity index is 634. The third kappa shape index (κ3) is 4.61. The summed E-state index contributed by atoms with van der Waals surface area (Å²) < 4.78 is 7.89. The number of hydrogen-bond acceptors (Lipinski definition) is 6. The van der Waals surface area contributed by atoms with Crippen molar-refractivity contribution in [1.82, 2.24) is 14.1 Å². The Morgan fingerprint density at radius 3 is 2.37 bits per heavy atom. The molecule has 5 nitrogen and oxygen atoms in total. The van der Waals surface area contributed by atoms with Gasteiger partial charge in [0.2, 0.25) is 5.96 Å². The summed E-state index contributed by atoms with van der Waals surface area (Å²) in [4.78, 5) is 11.3. The fourth-order valence-electron chi connectivity index (χ4n) is 4.18. The van der Waals surface area contributed by atoms with Crippen LogP contribution in [0.15, 0.2) is 34.2 Å². The first-order chi connectivity index (χ1) is 13.2. The lowest BCUT2D eigenvalue weighted by Crippen LogP contribution is -2.51. The number of hydrogen-bond donors (Lipinski definition) is 0. The van der Waals surface area contributed by atoms with Crippen molar-refractivity contribution in [1.29, 1.82) is 0 Å². The minimum absolute atomic E-state index is 0.584. The first-order valence-electron chi connectivity index (χ1n) is 10.4. The summed E-state index contributed by atoms with van der Waals surface area (Å²) in [6.45, 7) is 12.6. The SMILES string of the molecule is CC(C)c1ccc(SN2CCN=C2N2CCC(N3CCOCC3)CC2)cc1. The summed E-state index contributed by atoms with van der Waals surface area (Å²) in [6, 6.07) is 9.74. The van der Waals surface area contributed by atoms with Crippen molar-refractivity contribution in [2.24, 2.45) is 4.99 Å². The molecule has 0 N–H and O–H groups in total. The van der Waals surface area contributed by atoms with Gasteiger partial charge in [0.05, 0.1) is 26.3 Å². The van der Waals surface area contributed by atoms with Gasteiger partial charge < -0.3 is 9.64 Å². The van der Waals surface area contributed by atoms with Gasteiger partial charge in [0, 0.05) is 37.1 Å². The Morgan fingerprint density at radius 2 is 1.70 bits per heavy atom. The van der Waals surface area contributed by atoms with Crippen molar-refractivity contribution in [3.63, 3.8) is 0 Å². The van der Waals surface area contributed by atoms with E-state index in [1.54, 1.807) is 0 Å². The first-order valence-corrected chi connectivity index (χ1v) is 11.1. The van der Waals surface area contributed by atoms with Crippen molar-refractivity contribution >= 4 is 17.9 Å². The number of likely N-dealkylation sites (tertiary alicyclic amines) is 1. The maximum absolute atomic E-state index is 5.50. The van der Waals surface area contributed by atoms with E-state index in [2.05, 4.69) is 52.2 Å². The van der Waals surface area contributed by atoms with Crippen LogP contribution in [0.4, 0.5) is 0 Å². The molecule has 3 aliphatic heterocycles. The second-order valence-electron chi connectivity index (χ2n) is 7.97. The number of benzene rings is 1. The molecule has 0 aromatic heterocycles. The lowest BCUT2D eigenvalue weighted by molar-refractivity contribution is 0.00510. The van der Waals surface area contributed by atoms with Crippen LogP contribution in [-0.4, -0.2) is 78.6 Å². The van der Waals surface area contributed by atoms with Gasteiger partial charge in [-0.2, -0.15) is 0 Å². The molecule has 3 aliphatic rings.